The molecule has 1 heterocycles. The topological polar surface area (TPSA) is 101 Å². The predicted molar refractivity (Wildman–Crippen MR) is 75.8 cm³/mol. The minimum absolute atomic E-state index is 0.122. The van der Waals surface area contributed by atoms with Crippen LogP contribution in [-0.2, 0) is 0 Å². The Balaban J connectivity index is 2.33. The van der Waals surface area contributed by atoms with E-state index in [4.69, 9.17) is 10.3 Å². The van der Waals surface area contributed by atoms with Crippen LogP contribution in [-0.4, -0.2) is 16.2 Å². The highest BCUT2D eigenvalue weighted by Gasteiger charge is 2.18. The molecule has 0 aliphatic rings. The van der Waals surface area contributed by atoms with Crippen molar-refractivity contribution in [3.8, 4) is 0 Å². The van der Waals surface area contributed by atoms with Crippen LogP contribution in [0.3, 0.4) is 0 Å². The van der Waals surface area contributed by atoms with Crippen molar-refractivity contribution in [2.45, 2.75) is 26.8 Å². The van der Waals surface area contributed by atoms with Gasteiger partial charge in [0.25, 0.3) is 0 Å². The number of carboxylic acid groups (broad SMARTS) is 1. The molecule has 0 aliphatic carbocycles. The third-order valence-electron chi connectivity index (χ3n) is 3.17. The standard InChI is InChI=1S/C14H17N3O3/c1-7(13-8(2)17-20-9(13)3)16-12-5-4-10(15)6-11(12)14(18)19/h4-7,16H,15H2,1-3H3,(H,18,19). The second-order valence-corrected chi connectivity index (χ2v) is 4.71. The minimum atomic E-state index is -1.02. The van der Waals surface area contributed by atoms with Gasteiger partial charge < -0.3 is 20.7 Å². The van der Waals surface area contributed by atoms with Crippen molar-refractivity contribution in [3.05, 3.63) is 40.8 Å². The zero-order valence-electron chi connectivity index (χ0n) is 11.6. The molecule has 1 atom stereocenters. The van der Waals surface area contributed by atoms with Crippen molar-refractivity contribution in [2.75, 3.05) is 11.1 Å². The number of rotatable bonds is 4. The van der Waals surface area contributed by atoms with Gasteiger partial charge >= 0.3 is 5.97 Å². The molecule has 0 radical (unpaired) electrons. The Bertz CT molecular complexity index is 630. The second kappa shape index (κ2) is 5.24. The van der Waals surface area contributed by atoms with Crippen LogP contribution < -0.4 is 11.1 Å². The smallest absolute Gasteiger partial charge is 0.337 e. The molecular weight excluding hydrogens is 258 g/mol. The number of aryl methyl sites for hydroxylation is 2. The number of aromatic carboxylic acids is 1. The predicted octanol–water partition coefficient (Wildman–Crippen LogP) is 2.74. The Kier molecular flexibility index (Phi) is 3.65. The quantitative estimate of drug-likeness (QED) is 0.741. The Morgan fingerprint density at radius 3 is 2.70 bits per heavy atom. The van der Waals surface area contributed by atoms with Gasteiger partial charge in [0.05, 0.1) is 17.3 Å². The summed E-state index contributed by atoms with van der Waals surface area (Å²) in [5.74, 6) is -0.305. The molecule has 0 spiro atoms. The van der Waals surface area contributed by atoms with Crippen LogP contribution in [0.25, 0.3) is 0 Å². The fraction of sp³-hybridized carbons (Fsp3) is 0.286. The molecule has 0 saturated heterocycles. The molecule has 2 rings (SSSR count). The largest absolute Gasteiger partial charge is 0.478 e. The zero-order chi connectivity index (χ0) is 14.9. The Labute approximate surface area is 116 Å². The van der Waals surface area contributed by atoms with Crippen LogP contribution in [0.15, 0.2) is 22.7 Å². The van der Waals surface area contributed by atoms with Crippen LogP contribution in [0.1, 0.15) is 40.3 Å². The van der Waals surface area contributed by atoms with Crippen LogP contribution in [0.5, 0.6) is 0 Å². The SMILES string of the molecule is Cc1noc(C)c1C(C)Nc1ccc(N)cc1C(=O)O. The number of nitrogens with one attached hydrogen (secondary N) is 1. The Morgan fingerprint density at radius 1 is 1.45 bits per heavy atom. The molecule has 2 aromatic rings. The van der Waals surface area contributed by atoms with E-state index in [0.717, 1.165) is 17.0 Å². The van der Waals surface area contributed by atoms with E-state index in [9.17, 15) is 9.90 Å². The summed E-state index contributed by atoms with van der Waals surface area (Å²) in [4.78, 5) is 11.2. The fourth-order valence-corrected chi connectivity index (χ4v) is 2.28. The fourth-order valence-electron chi connectivity index (χ4n) is 2.28. The highest BCUT2D eigenvalue weighted by Crippen LogP contribution is 2.27. The maximum absolute atomic E-state index is 11.2. The van der Waals surface area contributed by atoms with Crippen molar-refractivity contribution >= 4 is 17.3 Å². The number of carbonyl (C=O) groups is 1. The minimum Gasteiger partial charge on any atom is -0.478 e. The normalized spacial score (nSPS) is 12.2. The van der Waals surface area contributed by atoms with Crippen LogP contribution in [0.4, 0.5) is 11.4 Å². The molecule has 0 amide bonds. The molecule has 0 bridgehead atoms. The summed E-state index contributed by atoms with van der Waals surface area (Å²) in [6.45, 7) is 5.61. The molecule has 0 saturated carbocycles. The van der Waals surface area contributed by atoms with Gasteiger partial charge in [0.15, 0.2) is 0 Å². The summed E-state index contributed by atoms with van der Waals surface area (Å²) >= 11 is 0. The van der Waals surface area contributed by atoms with Crippen molar-refractivity contribution in [1.29, 1.82) is 0 Å². The van der Waals surface area contributed by atoms with E-state index in [0.29, 0.717) is 11.4 Å². The van der Waals surface area contributed by atoms with E-state index in [1.54, 1.807) is 12.1 Å². The molecular formula is C14H17N3O3. The van der Waals surface area contributed by atoms with Crippen molar-refractivity contribution in [1.82, 2.24) is 5.16 Å². The van der Waals surface area contributed by atoms with Crippen molar-refractivity contribution in [2.24, 2.45) is 0 Å². The summed E-state index contributed by atoms with van der Waals surface area (Å²) in [5.41, 5.74) is 8.41. The lowest BCUT2D eigenvalue weighted by molar-refractivity contribution is 0.0698. The van der Waals surface area contributed by atoms with Crippen molar-refractivity contribution in [3.63, 3.8) is 0 Å². The maximum atomic E-state index is 11.2. The average Bonchev–Trinajstić information content (AvgIpc) is 2.71. The summed E-state index contributed by atoms with van der Waals surface area (Å²) < 4.78 is 5.12. The van der Waals surface area contributed by atoms with Crippen molar-refractivity contribution < 1.29 is 14.4 Å². The van der Waals surface area contributed by atoms with E-state index >= 15 is 0 Å². The first-order valence-corrected chi connectivity index (χ1v) is 6.22. The van der Waals surface area contributed by atoms with Gasteiger partial charge in [0, 0.05) is 16.9 Å². The third-order valence-corrected chi connectivity index (χ3v) is 3.17. The summed E-state index contributed by atoms with van der Waals surface area (Å²) in [6.07, 6.45) is 0. The molecule has 1 aromatic heterocycles. The van der Waals surface area contributed by atoms with Gasteiger partial charge in [-0.05, 0) is 39.0 Å². The maximum Gasteiger partial charge on any atom is 0.337 e. The number of benzene rings is 1. The highest BCUT2D eigenvalue weighted by molar-refractivity contribution is 5.95. The molecule has 6 heteroatoms. The second-order valence-electron chi connectivity index (χ2n) is 4.71. The van der Waals surface area contributed by atoms with Crippen LogP contribution in [0.2, 0.25) is 0 Å². The lowest BCUT2D eigenvalue weighted by atomic mass is 10.1. The molecule has 106 valence electrons. The highest BCUT2D eigenvalue weighted by atomic mass is 16.5. The first kappa shape index (κ1) is 13.9. The number of aromatic nitrogens is 1. The van der Waals surface area contributed by atoms with Crippen LogP contribution >= 0.6 is 0 Å². The van der Waals surface area contributed by atoms with E-state index in [-0.39, 0.29) is 11.6 Å². The van der Waals surface area contributed by atoms with Gasteiger partial charge in [-0.2, -0.15) is 0 Å². The number of nitrogen functional groups attached to an aromatic ring is 1. The number of carboxylic acids is 1. The molecule has 4 N–H and O–H groups in total. The Hall–Kier alpha value is -2.50. The first-order chi connectivity index (χ1) is 9.40. The molecule has 0 fully saturated rings. The van der Waals surface area contributed by atoms with E-state index in [1.165, 1.54) is 6.07 Å². The van der Waals surface area contributed by atoms with Gasteiger partial charge in [-0.25, -0.2) is 4.79 Å². The number of nitrogens with two attached hydrogens (primary N) is 1. The van der Waals surface area contributed by atoms with Gasteiger partial charge in [0.2, 0.25) is 0 Å². The zero-order valence-corrected chi connectivity index (χ0v) is 11.6. The van der Waals surface area contributed by atoms with E-state index in [1.807, 2.05) is 20.8 Å². The Morgan fingerprint density at radius 2 is 2.15 bits per heavy atom. The summed E-state index contributed by atoms with van der Waals surface area (Å²) in [5, 5.41) is 16.3. The number of hydrogen-bond donors (Lipinski definition) is 3. The molecule has 1 aromatic carbocycles. The summed E-state index contributed by atoms with van der Waals surface area (Å²) in [7, 11) is 0. The van der Waals surface area contributed by atoms with Gasteiger partial charge in [0.1, 0.15) is 5.76 Å². The molecule has 20 heavy (non-hydrogen) atoms. The van der Waals surface area contributed by atoms with E-state index in [2.05, 4.69) is 10.5 Å². The third kappa shape index (κ3) is 2.59. The molecule has 0 aliphatic heterocycles. The van der Waals surface area contributed by atoms with E-state index < -0.39 is 5.97 Å². The average molecular weight is 275 g/mol. The lowest BCUT2D eigenvalue weighted by Crippen LogP contribution is -2.12. The van der Waals surface area contributed by atoms with Crippen LogP contribution in [0, 0.1) is 13.8 Å². The van der Waals surface area contributed by atoms with Gasteiger partial charge in [-0.15, -0.1) is 0 Å². The number of anilines is 2. The lowest BCUT2D eigenvalue weighted by Gasteiger charge is -2.17. The number of nitrogens with zero attached hydrogens (tertiary/aromatic N) is 1. The van der Waals surface area contributed by atoms with Gasteiger partial charge in [-0.1, -0.05) is 5.16 Å². The monoisotopic (exact) mass is 275 g/mol. The van der Waals surface area contributed by atoms with Gasteiger partial charge in [-0.3, -0.25) is 0 Å². The number of hydrogen-bond acceptors (Lipinski definition) is 5. The molecule has 1 unspecified atom stereocenters. The first-order valence-electron chi connectivity index (χ1n) is 6.22. The summed E-state index contributed by atoms with van der Waals surface area (Å²) in [6, 6.07) is 4.63. The molecule has 6 nitrogen and oxygen atoms in total.